The number of benzene rings is 1. The molecule has 38 heavy (non-hydrogen) atoms. The number of halogens is 2. The van der Waals surface area contributed by atoms with Crippen LogP contribution in [0.25, 0.3) is 16.9 Å². The van der Waals surface area contributed by atoms with Gasteiger partial charge in [0.1, 0.15) is 11.6 Å². The van der Waals surface area contributed by atoms with Crippen molar-refractivity contribution >= 4 is 22.8 Å². The first-order chi connectivity index (χ1) is 18.5. The standard InChI is InChI=1S/C24H30F2N6O.C3H9NO/c1-16-15-33-12-11-31(16)20-13-21(30-24(29-20)27-14-17-7-3-2-4-8-17)32-19-10-6-5-9-18(19)28-23(32)22(25)26;1-5-3-2-4/h5-6,9-10,13,16-17,22H,2-4,7-8,11-12,14-15H2,1H3,(H,27,29,30);2-4H2,1H3. The van der Waals surface area contributed by atoms with Crippen molar-refractivity contribution in [2.24, 2.45) is 11.7 Å². The summed E-state index contributed by atoms with van der Waals surface area (Å²) in [6, 6.07) is 9.07. The normalized spacial score (nSPS) is 18.5. The van der Waals surface area contributed by atoms with Crippen molar-refractivity contribution in [3.8, 4) is 5.82 Å². The fraction of sp³-hybridized carbons (Fsp3) is 0.593. The molecule has 3 N–H and O–H groups in total. The van der Waals surface area contributed by atoms with Crippen molar-refractivity contribution in [3.05, 3.63) is 36.2 Å². The number of alkyl halides is 2. The first kappa shape index (κ1) is 28.1. The highest BCUT2D eigenvalue weighted by Crippen LogP contribution is 2.30. The molecule has 2 aromatic heterocycles. The number of methoxy groups -OCH3 is 1. The predicted molar refractivity (Wildman–Crippen MR) is 145 cm³/mol. The highest BCUT2D eigenvalue weighted by molar-refractivity contribution is 5.78. The van der Waals surface area contributed by atoms with Gasteiger partial charge in [0.2, 0.25) is 5.95 Å². The SMILES string of the molecule is CC1COCCN1c1cc(-n2c(C(F)F)nc3ccccc32)nc(NCC2CCCCC2)n1.COCCN. The van der Waals surface area contributed by atoms with Crippen LogP contribution in [-0.4, -0.2) is 72.1 Å². The van der Waals surface area contributed by atoms with E-state index in [2.05, 4.69) is 31.8 Å². The summed E-state index contributed by atoms with van der Waals surface area (Å²) in [4.78, 5) is 15.8. The van der Waals surface area contributed by atoms with E-state index in [-0.39, 0.29) is 11.9 Å². The summed E-state index contributed by atoms with van der Waals surface area (Å²) in [6.45, 7) is 6.04. The molecular formula is C27H39F2N7O2. The van der Waals surface area contributed by atoms with Crippen LogP contribution >= 0.6 is 0 Å². The topological polar surface area (TPSA) is 103 Å². The van der Waals surface area contributed by atoms with E-state index in [0.29, 0.717) is 67.4 Å². The number of nitrogens with zero attached hydrogens (tertiary/aromatic N) is 5. The summed E-state index contributed by atoms with van der Waals surface area (Å²) in [5.74, 6) is 1.84. The number of aromatic nitrogens is 4. The first-order valence-electron chi connectivity index (χ1n) is 13.4. The number of para-hydroxylation sites is 2. The Hall–Kier alpha value is -2.89. The monoisotopic (exact) mass is 531 g/mol. The van der Waals surface area contributed by atoms with E-state index in [1.165, 1.54) is 36.7 Å². The van der Waals surface area contributed by atoms with Crippen LogP contribution in [0.4, 0.5) is 20.5 Å². The summed E-state index contributed by atoms with van der Waals surface area (Å²) >= 11 is 0. The summed E-state index contributed by atoms with van der Waals surface area (Å²) in [5, 5.41) is 3.41. The van der Waals surface area contributed by atoms with E-state index in [0.717, 1.165) is 6.54 Å². The maximum atomic E-state index is 14.0. The van der Waals surface area contributed by atoms with Gasteiger partial charge in [0.05, 0.1) is 36.9 Å². The summed E-state index contributed by atoms with van der Waals surface area (Å²) < 4.78 is 39.6. The Kier molecular flexibility index (Phi) is 10.2. The summed E-state index contributed by atoms with van der Waals surface area (Å²) in [7, 11) is 1.63. The Balaban J connectivity index is 0.000000617. The van der Waals surface area contributed by atoms with E-state index >= 15 is 0 Å². The summed E-state index contributed by atoms with van der Waals surface area (Å²) in [6.07, 6.45) is 3.47. The third-order valence-corrected chi connectivity index (χ3v) is 6.97. The number of imidazole rings is 1. The molecule has 1 saturated heterocycles. The third-order valence-electron chi connectivity index (χ3n) is 6.97. The zero-order valence-corrected chi connectivity index (χ0v) is 22.3. The van der Waals surface area contributed by atoms with Gasteiger partial charge in [-0.25, -0.2) is 13.8 Å². The molecule has 3 aromatic rings. The number of rotatable bonds is 8. The van der Waals surface area contributed by atoms with Crippen molar-refractivity contribution in [1.29, 1.82) is 0 Å². The molecule has 5 rings (SSSR count). The number of hydrogen-bond acceptors (Lipinski definition) is 8. The fourth-order valence-corrected chi connectivity index (χ4v) is 5.01. The Bertz CT molecular complexity index is 1150. The van der Waals surface area contributed by atoms with Crippen molar-refractivity contribution in [2.45, 2.75) is 51.5 Å². The second-order valence-corrected chi connectivity index (χ2v) is 9.79. The van der Waals surface area contributed by atoms with Crippen molar-refractivity contribution in [3.63, 3.8) is 0 Å². The summed E-state index contributed by atoms with van der Waals surface area (Å²) in [5.41, 5.74) is 6.13. The van der Waals surface area contributed by atoms with Crippen LogP contribution < -0.4 is 16.0 Å². The van der Waals surface area contributed by atoms with E-state index in [1.807, 2.05) is 6.07 Å². The largest absolute Gasteiger partial charge is 0.383 e. The van der Waals surface area contributed by atoms with E-state index < -0.39 is 6.43 Å². The number of morpholine rings is 1. The molecule has 0 amide bonds. The van der Waals surface area contributed by atoms with Gasteiger partial charge < -0.3 is 25.4 Å². The molecule has 11 heteroatoms. The van der Waals surface area contributed by atoms with Gasteiger partial charge in [0.15, 0.2) is 5.82 Å². The average Bonchev–Trinajstić information content (AvgIpc) is 3.34. The van der Waals surface area contributed by atoms with Gasteiger partial charge in [-0.05, 0) is 37.8 Å². The molecule has 1 aromatic carbocycles. The lowest BCUT2D eigenvalue weighted by Gasteiger charge is -2.34. The molecule has 0 radical (unpaired) electrons. The Morgan fingerprint density at radius 3 is 2.58 bits per heavy atom. The molecule has 1 aliphatic heterocycles. The molecule has 2 fully saturated rings. The highest BCUT2D eigenvalue weighted by Gasteiger charge is 2.25. The van der Waals surface area contributed by atoms with Gasteiger partial charge in [-0.2, -0.15) is 9.97 Å². The Morgan fingerprint density at radius 1 is 1.13 bits per heavy atom. The number of anilines is 2. The van der Waals surface area contributed by atoms with Crippen LogP contribution in [0.5, 0.6) is 0 Å². The van der Waals surface area contributed by atoms with Crippen molar-refractivity contribution in [1.82, 2.24) is 19.5 Å². The number of ether oxygens (including phenoxy) is 2. The first-order valence-corrected chi connectivity index (χ1v) is 13.4. The average molecular weight is 532 g/mol. The van der Waals surface area contributed by atoms with Crippen LogP contribution in [0.15, 0.2) is 30.3 Å². The van der Waals surface area contributed by atoms with Crippen LogP contribution in [0.2, 0.25) is 0 Å². The zero-order chi connectivity index (χ0) is 26.9. The smallest absolute Gasteiger partial charge is 0.296 e. The number of hydrogen-bond donors (Lipinski definition) is 2. The quantitative estimate of drug-likeness (QED) is 0.436. The minimum Gasteiger partial charge on any atom is -0.383 e. The van der Waals surface area contributed by atoms with Gasteiger partial charge in [0, 0.05) is 32.8 Å². The number of nitrogens with one attached hydrogen (secondary N) is 1. The maximum absolute atomic E-state index is 14.0. The Morgan fingerprint density at radius 2 is 1.89 bits per heavy atom. The second kappa shape index (κ2) is 13.8. The second-order valence-electron chi connectivity index (χ2n) is 9.79. The zero-order valence-electron chi connectivity index (χ0n) is 22.3. The van der Waals surface area contributed by atoms with Crippen molar-refractivity contribution < 1.29 is 18.3 Å². The number of nitrogens with two attached hydrogens (primary N) is 1. The minimum absolute atomic E-state index is 0.127. The molecular weight excluding hydrogens is 492 g/mol. The fourth-order valence-electron chi connectivity index (χ4n) is 5.01. The van der Waals surface area contributed by atoms with Crippen LogP contribution in [0.1, 0.15) is 51.3 Å². The van der Waals surface area contributed by atoms with Gasteiger partial charge in [-0.1, -0.05) is 31.4 Å². The molecule has 1 aliphatic carbocycles. The van der Waals surface area contributed by atoms with E-state index in [9.17, 15) is 8.78 Å². The van der Waals surface area contributed by atoms with Crippen LogP contribution in [0, 0.1) is 5.92 Å². The maximum Gasteiger partial charge on any atom is 0.296 e. The molecule has 3 heterocycles. The highest BCUT2D eigenvalue weighted by atomic mass is 19.3. The van der Waals surface area contributed by atoms with E-state index in [4.69, 9.17) is 15.5 Å². The lowest BCUT2D eigenvalue weighted by atomic mass is 9.89. The van der Waals surface area contributed by atoms with Crippen LogP contribution in [0.3, 0.4) is 0 Å². The number of fused-ring (bicyclic) bond motifs is 1. The van der Waals surface area contributed by atoms with Gasteiger partial charge in [-0.15, -0.1) is 0 Å². The van der Waals surface area contributed by atoms with Gasteiger partial charge in [-0.3, -0.25) is 4.57 Å². The molecule has 2 aliphatic rings. The van der Waals surface area contributed by atoms with Gasteiger partial charge in [0.25, 0.3) is 6.43 Å². The molecule has 0 bridgehead atoms. The molecule has 208 valence electrons. The van der Waals surface area contributed by atoms with Gasteiger partial charge >= 0.3 is 0 Å². The molecule has 0 spiro atoms. The minimum atomic E-state index is -2.73. The predicted octanol–water partition coefficient (Wildman–Crippen LogP) is 4.56. The third kappa shape index (κ3) is 6.95. The molecule has 1 unspecified atom stereocenters. The van der Waals surface area contributed by atoms with Crippen molar-refractivity contribution in [2.75, 3.05) is 56.8 Å². The lowest BCUT2D eigenvalue weighted by molar-refractivity contribution is 0.0985. The molecule has 1 saturated carbocycles. The lowest BCUT2D eigenvalue weighted by Crippen LogP contribution is -2.44. The molecule has 1 atom stereocenters. The van der Waals surface area contributed by atoms with Crippen LogP contribution in [-0.2, 0) is 9.47 Å². The van der Waals surface area contributed by atoms with E-state index in [1.54, 1.807) is 31.4 Å². The Labute approximate surface area is 222 Å². The molecule has 9 nitrogen and oxygen atoms in total.